The molecule has 1 saturated carbocycles. The standard InChI is InChI=1S/C20H30N4O.HI/c1-3-6-18(25)23-17-8-4-7-16(13-17)14-22-19(21-2)24-12-11-20(15-24)9-5-10-20;/h4,7-8,13H,3,5-6,9-12,14-15H2,1-2H3,(H,21,22)(H,23,25);1H. The van der Waals surface area contributed by atoms with E-state index in [1.54, 1.807) is 0 Å². The number of anilines is 1. The van der Waals surface area contributed by atoms with Crippen LogP contribution in [-0.4, -0.2) is 36.9 Å². The summed E-state index contributed by atoms with van der Waals surface area (Å²) in [6.07, 6.45) is 6.86. The zero-order valence-corrected chi connectivity index (χ0v) is 18.2. The number of halogens is 1. The fourth-order valence-corrected chi connectivity index (χ4v) is 3.92. The molecular formula is C20H31IN4O. The average molecular weight is 470 g/mol. The van der Waals surface area contributed by atoms with Crippen LogP contribution in [0.5, 0.6) is 0 Å². The summed E-state index contributed by atoms with van der Waals surface area (Å²) in [6, 6.07) is 8.03. The predicted molar refractivity (Wildman–Crippen MR) is 118 cm³/mol. The van der Waals surface area contributed by atoms with E-state index >= 15 is 0 Å². The molecule has 6 heteroatoms. The second kappa shape index (κ2) is 9.58. The van der Waals surface area contributed by atoms with Crippen LogP contribution in [-0.2, 0) is 11.3 Å². The fraction of sp³-hybridized carbons (Fsp3) is 0.600. The molecule has 0 aromatic heterocycles. The van der Waals surface area contributed by atoms with Gasteiger partial charge in [-0.3, -0.25) is 9.79 Å². The van der Waals surface area contributed by atoms with Crippen LogP contribution in [0.3, 0.4) is 0 Å². The summed E-state index contributed by atoms with van der Waals surface area (Å²) in [5.74, 6) is 1.07. The van der Waals surface area contributed by atoms with Crippen molar-refractivity contribution in [2.24, 2.45) is 10.4 Å². The van der Waals surface area contributed by atoms with Crippen molar-refractivity contribution in [2.75, 3.05) is 25.5 Å². The molecule has 5 nitrogen and oxygen atoms in total. The minimum Gasteiger partial charge on any atom is -0.352 e. The predicted octanol–water partition coefficient (Wildman–Crippen LogP) is 3.99. The molecule has 1 spiro atoms. The van der Waals surface area contributed by atoms with Crippen molar-refractivity contribution < 1.29 is 4.79 Å². The van der Waals surface area contributed by atoms with Gasteiger partial charge in [0.25, 0.3) is 0 Å². The van der Waals surface area contributed by atoms with E-state index in [0.717, 1.165) is 36.7 Å². The lowest BCUT2D eigenvalue weighted by Crippen LogP contribution is -2.42. The largest absolute Gasteiger partial charge is 0.352 e. The number of guanidine groups is 1. The van der Waals surface area contributed by atoms with Crippen molar-refractivity contribution >= 4 is 41.5 Å². The number of benzene rings is 1. The quantitative estimate of drug-likeness (QED) is 0.389. The van der Waals surface area contributed by atoms with Crippen LogP contribution < -0.4 is 10.6 Å². The molecule has 1 aromatic carbocycles. The molecule has 2 fully saturated rings. The molecule has 1 aliphatic heterocycles. The third-order valence-corrected chi connectivity index (χ3v) is 5.50. The number of likely N-dealkylation sites (tertiary alicyclic amines) is 1. The summed E-state index contributed by atoms with van der Waals surface area (Å²) in [4.78, 5) is 18.6. The molecule has 2 aliphatic rings. The van der Waals surface area contributed by atoms with Crippen LogP contribution in [0.25, 0.3) is 0 Å². The maximum Gasteiger partial charge on any atom is 0.224 e. The van der Waals surface area contributed by atoms with Crippen molar-refractivity contribution in [3.05, 3.63) is 29.8 Å². The SMILES string of the molecule is CCCC(=O)Nc1cccc(CNC(=NC)N2CCC3(CCC3)C2)c1.I. The number of amides is 1. The second-order valence-corrected chi connectivity index (χ2v) is 7.42. The van der Waals surface area contributed by atoms with Crippen molar-refractivity contribution in [3.63, 3.8) is 0 Å². The first-order chi connectivity index (χ1) is 12.1. The lowest BCUT2D eigenvalue weighted by molar-refractivity contribution is -0.116. The topological polar surface area (TPSA) is 56.7 Å². The Bertz CT molecular complexity index is 642. The van der Waals surface area contributed by atoms with Gasteiger partial charge in [0, 0.05) is 38.8 Å². The molecule has 1 aromatic rings. The number of hydrogen-bond acceptors (Lipinski definition) is 2. The molecule has 0 bridgehead atoms. The molecule has 0 unspecified atom stereocenters. The van der Waals surface area contributed by atoms with Gasteiger partial charge in [-0.2, -0.15) is 0 Å². The fourth-order valence-electron chi connectivity index (χ4n) is 3.92. The summed E-state index contributed by atoms with van der Waals surface area (Å²) < 4.78 is 0. The van der Waals surface area contributed by atoms with Crippen LogP contribution in [0.4, 0.5) is 5.69 Å². The normalized spacial score (nSPS) is 18.2. The van der Waals surface area contributed by atoms with Crippen molar-refractivity contribution in [1.82, 2.24) is 10.2 Å². The summed E-state index contributed by atoms with van der Waals surface area (Å²) in [6.45, 7) is 4.97. The number of rotatable bonds is 5. The Hall–Kier alpha value is -1.31. The Labute approximate surface area is 174 Å². The third kappa shape index (κ3) is 5.11. The van der Waals surface area contributed by atoms with Gasteiger partial charge >= 0.3 is 0 Å². The monoisotopic (exact) mass is 470 g/mol. The van der Waals surface area contributed by atoms with Crippen LogP contribution in [0.15, 0.2) is 29.3 Å². The smallest absolute Gasteiger partial charge is 0.224 e. The number of carbonyl (C=O) groups is 1. The Kier molecular flexibility index (Phi) is 7.73. The highest BCUT2D eigenvalue weighted by atomic mass is 127. The van der Waals surface area contributed by atoms with Gasteiger partial charge in [-0.1, -0.05) is 25.5 Å². The molecule has 144 valence electrons. The van der Waals surface area contributed by atoms with E-state index in [4.69, 9.17) is 0 Å². The molecule has 1 aliphatic carbocycles. The highest BCUT2D eigenvalue weighted by Gasteiger charge is 2.43. The van der Waals surface area contributed by atoms with E-state index in [1.165, 1.54) is 25.7 Å². The van der Waals surface area contributed by atoms with Crippen molar-refractivity contribution in [1.29, 1.82) is 0 Å². The average Bonchev–Trinajstić information content (AvgIpc) is 3.02. The lowest BCUT2D eigenvalue weighted by Gasteiger charge is -2.38. The van der Waals surface area contributed by atoms with Gasteiger partial charge < -0.3 is 15.5 Å². The Morgan fingerprint density at radius 1 is 1.31 bits per heavy atom. The van der Waals surface area contributed by atoms with Gasteiger partial charge in [0.05, 0.1) is 0 Å². The van der Waals surface area contributed by atoms with Gasteiger partial charge in [-0.15, -0.1) is 24.0 Å². The van der Waals surface area contributed by atoms with Gasteiger partial charge in [-0.25, -0.2) is 0 Å². The molecule has 3 rings (SSSR count). The number of hydrogen-bond donors (Lipinski definition) is 2. The molecular weight excluding hydrogens is 439 g/mol. The molecule has 1 heterocycles. The highest BCUT2D eigenvalue weighted by Crippen LogP contribution is 2.47. The van der Waals surface area contributed by atoms with Gasteiger partial charge in [0.15, 0.2) is 5.96 Å². The first-order valence-electron chi connectivity index (χ1n) is 9.48. The highest BCUT2D eigenvalue weighted by molar-refractivity contribution is 14.0. The van der Waals surface area contributed by atoms with Crippen LogP contribution in [0.1, 0.15) is 51.0 Å². The number of nitrogens with zero attached hydrogens (tertiary/aromatic N) is 2. The van der Waals surface area contributed by atoms with Crippen molar-refractivity contribution in [3.8, 4) is 0 Å². The number of nitrogens with one attached hydrogen (secondary N) is 2. The lowest BCUT2D eigenvalue weighted by atomic mass is 9.68. The summed E-state index contributed by atoms with van der Waals surface area (Å²) >= 11 is 0. The van der Waals surface area contributed by atoms with E-state index in [0.29, 0.717) is 18.4 Å². The molecule has 2 N–H and O–H groups in total. The van der Waals surface area contributed by atoms with Gasteiger partial charge in [-0.05, 0) is 48.8 Å². The maximum atomic E-state index is 11.8. The van der Waals surface area contributed by atoms with E-state index in [1.807, 2.05) is 32.2 Å². The minimum atomic E-state index is 0. The van der Waals surface area contributed by atoms with Crippen LogP contribution in [0.2, 0.25) is 0 Å². The Balaban J connectivity index is 0.00000243. The first-order valence-corrected chi connectivity index (χ1v) is 9.48. The molecule has 1 amide bonds. The number of carbonyl (C=O) groups excluding carboxylic acids is 1. The molecule has 0 atom stereocenters. The zero-order valence-electron chi connectivity index (χ0n) is 15.9. The summed E-state index contributed by atoms with van der Waals surface area (Å²) in [7, 11) is 1.86. The van der Waals surface area contributed by atoms with E-state index in [2.05, 4.69) is 26.6 Å². The van der Waals surface area contributed by atoms with Gasteiger partial charge in [0.2, 0.25) is 5.91 Å². The minimum absolute atomic E-state index is 0. The third-order valence-electron chi connectivity index (χ3n) is 5.50. The first kappa shape index (κ1) is 21.0. The van der Waals surface area contributed by atoms with E-state index in [-0.39, 0.29) is 29.9 Å². The van der Waals surface area contributed by atoms with Gasteiger partial charge in [0.1, 0.15) is 0 Å². The molecule has 1 saturated heterocycles. The zero-order chi connectivity index (χ0) is 17.7. The van der Waals surface area contributed by atoms with Crippen LogP contribution in [0, 0.1) is 5.41 Å². The second-order valence-electron chi connectivity index (χ2n) is 7.42. The van der Waals surface area contributed by atoms with E-state index < -0.39 is 0 Å². The Morgan fingerprint density at radius 2 is 2.12 bits per heavy atom. The number of aliphatic imine (C=N–C) groups is 1. The van der Waals surface area contributed by atoms with E-state index in [9.17, 15) is 4.79 Å². The molecule has 0 radical (unpaired) electrons. The Morgan fingerprint density at radius 3 is 2.73 bits per heavy atom. The maximum absolute atomic E-state index is 11.8. The summed E-state index contributed by atoms with van der Waals surface area (Å²) in [5, 5.41) is 6.44. The van der Waals surface area contributed by atoms with Crippen LogP contribution >= 0.6 is 24.0 Å². The molecule has 26 heavy (non-hydrogen) atoms. The summed E-state index contributed by atoms with van der Waals surface area (Å²) in [5.41, 5.74) is 2.58. The van der Waals surface area contributed by atoms with Crippen molar-refractivity contribution in [2.45, 2.75) is 52.0 Å².